The van der Waals surface area contributed by atoms with E-state index in [-0.39, 0.29) is 29.0 Å². The maximum absolute atomic E-state index is 12.9. The molecule has 28 heavy (non-hydrogen) atoms. The van der Waals surface area contributed by atoms with Gasteiger partial charge in [0.2, 0.25) is 11.8 Å². The van der Waals surface area contributed by atoms with Gasteiger partial charge in [0.05, 0.1) is 11.1 Å². The monoisotopic (exact) mass is 420 g/mol. The fourth-order valence-electron chi connectivity index (χ4n) is 3.34. The Morgan fingerprint density at radius 2 is 2.04 bits per heavy atom. The molecule has 3 rings (SSSR count). The molecule has 2 amide bonds. The highest BCUT2D eigenvalue weighted by Gasteiger charge is 2.26. The van der Waals surface area contributed by atoms with Crippen molar-refractivity contribution in [2.24, 2.45) is 11.7 Å². The second kappa shape index (κ2) is 8.48. The number of allylic oxidation sites excluding steroid dienone is 1. The van der Waals surface area contributed by atoms with Gasteiger partial charge in [-0.1, -0.05) is 17.8 Å². The van der Waals surface area contributed by atoms with E-state index in [0.717, 1.165) is 10.4 Å². The van der Waals surface area contributed by atoms with Crippen LogP contribution in [0.4, 0.5) is 0 Å². The van der Waals surface area contributed by atoms with Gasteiger partial charge in [-0.05, 0) is 32.3 Å². The van der Waals surface area contributed by atoms with E-state index in [1.54, 1.807) is 15.5 Å². The van der Waals surface area contributed by atoms with Crippen LogP contribution in [-0.2, 0) is 16.1 Å². The Kier molecular flexibility index (Phi) is 6.24. The average Bonchev–Trinajstić information content (AvgIpc) is 2.96. The number of aryl methyl sites for hydroxylation is 2. The molecular formula is C19H24N4O3S2. The van der Waals surface area contributed by atoms with Gasteiger partial charge in [0.25, 0.3) is 5.56 Å². The van der Waals surface area contributed by atoms with Crippen LogP contribution in [0.15, 0.2) is 22.6 Å². The highest BCUT2D eigenvalue weighted by molar-refractivity contribution is 7.99. The molecule has 0 spiro atoms. The number of thioether (sulfide) groups is 1. The summed E-state index contributed by atoms with van der Waals surface area (Å²) in [6.07, 6.45) is 2.86. The lowest BCUT2D eigenvalue weighted by molar-refractivity contribution is -0.132. The van der Waals surface area contributed by atoms with Crippen LogP contribution in [0, 0.1) is 19.8 Å². The lowest BCUT2D eigenvalue weighted by Gasteiger charge is -2.30. The zero-order valence-corrected chi connectivity index (χ0v) is 17.7. The summed E-state index contributed by atoms with van der Waals surface area (Å²) in [6.45, 7) is 9.04. The number of hydrogen-bond donors (Lipinski definition) is 1. The molecule has 1 aliphatic rings. The molecule has 7 nitrogen and oxygen atoms in total. The molecule has 1 fully saturated rings. The van der Waals surface area contributed by atoms with Crippen LogP contribution in [-0.4, -0.2) is 45.1 Å². The molecule has 2 aromatic rings. The molecule has 0 aliphatic carbocycles. The first-order valence-electron chi connectivity index (χ1n) is 9.14. The van der Waals surface area contributed by atoms with Gasteiger partial charge < -0.3 is 10.6 Å². The van der Waals surface area contributed by atoms with Gasteiger partial charge in [0, 0.05) is 30.4 Å². The molecule has 150 valence electrons. The van der Waals surface area contributed by atoms with E-state index in [2.05, 4.69) is 11.6 Å². The summed E-state index contributed by atoms with van der Waals surface area (Å²) >= 11 is 2.76. The number of aromatic nitrogens is 2. The summed E-state index contributed by atoms with van der Waals surface area (Å²) in [5.41, 5.74) is 6.21. The number of nitrogens with two attached hydrogens (primary N) is 1. The zero-order valence-electron chi connectivity index (χ0n) is 16.1. The summed E-state index contributed by atoms with van der Waals surface area (Å²) in [5, 5.41) is 1.17. The third-order valence-corrected chi connectivity index (χ3v) is 7.20. The van der Waals surface area contributed by atoms with E-state index in [1.807, 2.05) is 13.8 Å². The number of thiophene rings is 1. The van der Waals surface area contributed by atoms with Crippen molar-refractivity contribution in [2.45, 2.75) is 38.4 Å². The number of likely N-dealkylation sites (tertiary alicyclic amines) is 1. The minimum Gasteiger partial charge on any atom is -0.369 e. The van der Waals surface area contributed by atoms with Crippen molar-refractivity contribution in [1.29, 1.82) is 0 Å². The molecule has 0 radical (unpaired) electrons. The molecule has 3 heterocycles. The molecule has 9 heteroatoms. The summed E-state index contributed by atoms with van der Waals surface area (Å²) in [7, 11) is 0. The van der Waals surface area contributed by atoms with E-state index < -0.39 is 0 Å². The van der Waals surface area contributed by atoms with Gasteiger partial charge in [-0.25, -0.2) is 4.98 Å². The van der Waals surface area contributed by atoms with Gasteiger partial charge in [-0.2, -0.15) is 0 Å². The second-order valence-corrected chi connectivity index (χ2v) is 9.05. The van der Waals surface area contributed by atoms with Crippen molar-refractivity contribution < 1.29 is 9.59 Å². The van der Waals surface area contributed by atoms with Crippen molar-refractivity contribution in [1.82, 2.24) is 14.5 Å². The minimum absolute atomic E-state index is 0.0223. The van der Waals surface area contributed by atoms with Crippen LogP contribution < -0.4 is 11.3 Å². The lowest BCUT2D eigenvalue weighted by Crippen LogP contribution is -2.42. The molecule has 0 bridgehead atoms. The number of hydrogen-bond acceptors (Lipinski definition) is 6. The Bertz CT molecular complexity index is 987. The fraction of sp³-hybridized carbons (Fsp3) is 0.474. The highest BCUT2D eigenvalue weighted by atomic mass is 32.2. The third kappa shape index (κ3) is 4.00. The predicted molar refractivity (Wildman–Crippen MR) is 113 cm³/mol. The van der Waals surface area contributed by atoms with Gasteiger partial charge in [-0.3, -0.25) is 19.0 Å². The third-order valence-electron chi connectivity index (χ3n) is 5.14. The Morgan fingerprint density at radius 1 is 1.36 bits per heavy atom. The Labute approximate surface area is 171 Å². The summed E-state index contributed by atoms with van der Waals surface area (Å²) in [4.78, 5) is 45.0. The fourth-order valence-corrected chi connectivity index (χ4v) is 5.32. The lowest BCUT2D eigenvalue weighted by atomic mass is 9.96. The van der Waals surface area contributed by atoms with Crippen molar-refractivity contribution in [3.63, 3.8) is 0 Å². The maximum Gasteiger partial charge on any atom is 0.263 e. The van der Waals surface area contributed by atoms with Crippen molar-refractivity contribution in [2.75, 3.05) is 18.8 Å². The van der Waals surface area contributed by atoms with Crippen LogP contribution in [0.25, 0.3) is 10.2 Å². The molecule has 0 aromatic carbocycles. The van der Waals surface area contributed by atoms with E-state index in [0.29, 0.717) is 47.8 Å². The van der Waals surface area contributed by atoms with E-state index in [9.17, 15) is 14.4 Å². The SMILES string of the molecule is C=CCn1c(SCC(=O)N2CCC(C(N)=O)CC2)nc2sc(C)c(C)c2c1=O. The summed E-state index contributed by atoms with van der Waals surface area (Å²) in [6, 6.07) is 0. The Morgan fingerprint density at radius 3 is 2.64 bits per heavy atom. The number of rotatable bonds is 6. The Balaban J connectivity index is 1.77. The predicted octanol–water partition coefficient (Wildman–Crippen LogP) is 2.08. The van der Waals surface area contributed by atoms with Gasteiger partial charge in [0.1, 0.15) is 4.83 Å². The topological polar surface area (TPSA) is 98.3 Å². The second-order valence-electron chi connectivity index (χ2n) is 6.91. The molecule has 1 aliphatic heterocycles. The van der Waals surface area contributed by atoms with Crippen molar-refractivity contribution in [3.8, 4) is 0 Å². The summed E-state index contributed by atoms with van der Waals surface area (Å²) < 4.78 is 1.58. The number of carbonyl (C=O) groups excluding carboxylic acids is 2. The number of carbonyl (C=O) groups is 2. The van der Waals surface area contributed by atoms with Crippen LogP contribution in [0.1, 0.15) is 23.3 Å². The van der Waals surface area contributed by atoms with E-state index in [1.165, 1.54) is 23.1 Å². The van der Waals surface area contributed by atoms with Crippen LogP contribution in [0.3, 0.4) is 0 Å². The molecule has 2 aromatic heterocycles. The quantitative estimate of drug-likeness (QED) is 0.438. The molecule has 1 saturated heterocycles. The summed E-state index contributed by atoms with van der Waals surface area (Å²) in [5.74, 6) is -0.275. The van der Waals surface area contributed by atoms with Crippen molar-refractivity contribution >= 4 is 45.1 Å². The molecule has 2 N–H and O–H groups in total. The van der Waals surface area contributed by atoms with Crippen LogP contribution in [0.5, 0.6) is 0 Å². The van der Waals surface area contributed by atoms with E-state index >= 15 is 0 Å². The number of primary amides is 1. The first-order valence-corrected chi connectivity index (χ1v) is 10.9. The minimum atomic E-state index is -0.297. The first kappa shape index (κ1) is 20.6. The highest BCUT2D eigenvalue weighted by Crippen LogP contribution is 2.28. The van der Waals surface area contributed by atoms with Crippen LogP contribution >= 0.6 is 23.1 Å². The first-order chi connectivity index (χ1) is 13.3. The number of piperidine rings is 1. The van der Waals surface area contributed by atoms with Gasteiger partial charge >= 0.3 is 0 Å². The molecular weight excluding hydrogens is 396 g/mol. The number of nitrogens with zero attached hydrogens (tertiary/aromatic N) is 3. The number of amides is 2. The Hall–Kier alpha value is -2.13. The normalized spacial score (nSPS) is 15.1. The maximum atomic E-state index is 12.9. The van der Waals surface area contributed by atoms with Crippen molar-refractivity contribution in [3.05, 3.63) is 33.4 Å². The number of fused-ring (bicyclic) bond motifs is 1. The van der Waals surface area contributed by atoms with Gasteiger partial charge in [-0.15, -0.1) is 17.9 Å². The largest absolute Gasteiger partial charge is 0.369 e. The van der Waals surface area contributed by atoms with E-state index in [4.69, 9.17) is 5.73 Å². The zero-order chi connectivity index (χ0) is 20.4. The molecule has 0 unspecified atom stereocenters. The van der Waals surface area contributed by atoms with Crippen LogP contribution in [0.2, 0.25) is 0 Å². The smallest absolute Gasteiger partial charge is 0.263 e. The molecule has 0 saturated carbocycles. The standard InChI is InChI=1S/C19H24N4O3S2/c1-4-7-23-18(26)15-11(2)12(3)28-17(15)21-19(23)27-10-14(24)22-8-5-13(6-9-22)16(20)25/h4,13H,1,5-10H2,2-3H3,(H2,20,25). The van der Waals surface area contributed by atoms with Gasteiger partial charge in [0.15, 0.2) is 5.16 Å². The average molecular weight is 421 g/mol. The molecule has 0 atom stereocenters.